The zero-order valence-electron chi connectivity index (χ0n) is 22.6. The zero-order chi connectivity index (χ0) is 27.3. The summed E-state index contributed by atoms with van der Waals surface area (Å²) < 4.78 is 23.3. The summed E-state index contributed by atoms with van der Waals surface area (Å²) in [5, 5.41) is 0.367. The summed E-state index contributed by atoms with van der Waals surface area (Å²) >= 11 is 0. The highest BCUT2D eigenvalue weighted by molar-refractivity contribution is 5.97. The van der Waals surface area contributed by atoms with Crippen molar-refractivity contribution >= 4 is 16.9 Å². The van der Waals surface area contributed by atoms with Crippen molar-refractivity contribution in [3.8, 4) is 17.2 Å². The first-order valence-corrected chi connectivity index (χ1v) is 13.0. The summed E-state index contributed by atoms with van der Waals surface area (Å²) in [7, 11) is 0. The van der Waals surface area contributed by atoms with Crippen LogP contribution in [0.15, 0.2) is 93.2 Å². The second kappa shape index (κ2) is 14.6. The van der Waals surface area contributed by atoms with Crippen molar-refractivity contribution in [2.45, 2.75) is 53.4 Å². The Labute approximate surface area is 224 Å². The van der Waals surface area contributed by atoms with Gasteiger partial charge < -0.3 is 18.6 Å². The lowest BCUT2D eigenvalue weighted by Gasteiger charge is -2.15. The average Bonchev–Trinajstić information content (AvgIpc) is 2.90. The molecule has 0 aliphatic heterocycles. The van der Waals surface area contributed by atoms with Crippen LogP contribution in [0.3, 0.4) is 0 Å². The van der Waals surface area contributed by atoms with E-state index in [0.717, 1.165) is 19.3 Å². The summed E-state index contributed by atoms with van der Waals surface area (Å²) in [4.78, 5) is 25.9. The number of hydrogen-bond donors (Lipinski definition) is 0. The van der Waals surface area contributed by atoms with Gasteiger partial charge in [0.15, 0.2) is 5.75 Å². The van der Waals surface area contributed by atoms with Crippen LogP contribution in [0, 0.1) is 0 Å². The van der Waals surface area contributed by atoms with E-state index < -0.39 is 11.6 Å². The maximum Gasteiger partial charge on any atom is 0.383 e. The first kappa shape index (κ1) is 28.5. The van der Waals surface area contributed by atoms with Crippen LogP contribution in [0.1, 0.15) is 63.7 Å². The topological polar surface area (TPSA) is 75.0 Å². The van der Waals surface area contributed by atoms with Gasteiger partial charge in [0.1, 0.15) is 23.3 Å². The first-order chi connectivity index (χ1) is 18.4. The SMILES string of the molecule is CCC=CCCOc1c(OC(=O)c2ccccc2)c2c(OC/C=C(\C)CCC=C(C)C)cccc2oc1=O. The van der Waals surface area contributed by atoms with Crippen LogP contribution < -0.4 is 19.8 Å². The molecule has 38 heavy (non-hydrogen) atoms. The molecule has 0 N–H and O–H groups in total. The van der Waals surface area contributed by atoms with Gasteiger partial charge in [0, 0.05) is 0 Å². The lowest BCUT2D eigenvalue weighted by atomic mass is 10.1. The van der Waals surface area contributed by atoms with Gasteiger partial charge in [0.25, 0.3) is 0 Å². The number of carbonyl (C=O) groups excluding carboxylic acids is 1. The van der Waals surface area contributed by atoms with E-state index in [1.54, 1.807) is 42.5 Å². The van der Waals surface area contributed by atoms with Gasteiger partial charge in [-0.05, 0) is 76.8 Å². The molecule has 0 amide bonds. The summed E-state index contributed by atoms with van der Waals surface area (Å²) in [6.07, 6.45) is 11.6. The van der Waals surface area contributed by atoms with E-state index in [1.807, 2.05) is 31.2 Å². The summed E-state index contributed by atoms with van der Waals surface area (Å²) in [6, 6.07) is 13.7. The van der Waals surface area contributed by atoms with Gasteiger partial charge in [-0.15, -0.1) is 0 Å². The van der Waals surface area contributed by atoms with E-state index in [1.165, 1.54) is 11.1 Å². The van der Waals surface area contributed by atoms with Gasteiger partial charge in [0.2, 0.25) is 5.75 Å². The van der Waals surface area contributed by atoms with Crippen LogP contribution in [0.4, 0.5) is 0 Å². The molecular weight excluding hydrogens is 480 g/mol. The quantitative estimate of drug-likeness (QED) is 0.0998. The minimum Gasteiger partial charge on any atom is -0.489 e. The molecule has 6 heteroatoms. The largest absolute Gasteiger partial charge is 0.489 e. The molecule has 1 aromatic heterocycles. The molecule has 6 nitrogen and oxygen atoms in total. The molecule has 0 radical (unpaired) electrons. The fraction of sp³-hybridized carbons (Fsp3) is 0.312. The molecule has 0 saturated heterocycles. The van der Waals surface area contributed by atoms with Crippen LogP contribution in [0.2, 0.25) is 0 Å². The summed E-state index contributed by atoms with van der Waals surface area (Å²) in [5.74, 6) is -0.357. The molecule has 0 unspecified atom stereocenters. The predicted octanol–water partition coefficient (Wildman–Crippen LogP) is 7.82. The number of esters is 1. The molecule has 1 heterocycles. The molecule has 2 aromatic carbocycles. The highest BCUT2D eigenvalue weighted by Gasteiger charge is 2.24. The van der Waals surface area contributed by atoms with Gasteiger partial charge >= 0.3 is 11.6 Å². The predicted molar refractivity (Wildman–Crippen MR) is 151 cm³/mol. The fourth-order valence-electron chi connectivity index (χ4n) is 3.72. The Kier molecular flexibility index (Phi) is 11.0. The van der Waals surface area contributed by atoms with Crippen molar-refractivity contribution < 1.29 is 23.4 Å². The lowest BCUT2D eigenvalue weighted by Crippen LogP contribution is -2.15. The highest BCUT2D eigenvalue weighted by Crippen LogP contribution is 2.39. The molecule has 3 aromatic rings. The van der Waals surface area contributed by atoms with Crippen LogP contribution in [0.25, 0.3) is 11.0 Å². The molecule has 0 aliphatic carbocycles. The monoisotopic (exact) mass is 516 g/mol. The fourth-order valence-corrected chi connectivity index (χ4v) is 3.72. The Morgan fingerprint density at radius 2 is 1.68 bits per heavy atom. The van der Waals surface area contributed by atoms with E-state index in [-0.39, 0.29) is 23.7 Å². The van der Waals surface area contributed by atoms with Gasteiger partial charge in [-0.25, -0.2) is 9.59 Å². The van der Waals surface area contributed by atoms with Gasteiger partial charge in [-0.3, -0.25) is 0 Å². The third-order valence-electron chi connectivity index (χ3n) is 5.71. The van der Waals surface area contributed by atoms with Crippen LogP contribution >= 0.6 is 0 Å². The number of rotatable bonds is 13. The Morgan fingerprint density at radius 3 is 2.42 bits per heavy atom. The number of benzene rings is 2. The van der Waals surface area contributed by atoms with Crippen molar-refractivity contribution in [3.63, 3.8) is 0 Å². The van der Waals surface area contributed by atoms with Crippen molar-refractivity contribution in [1.82, 2.24) is 0 Å². The van der Waals surface area contributed by atoms with E-state index in [9.17, 15) is 9.59 Å². The molecule has 0 fully saturated rings. The molecule has 0 aliphatic rings. The van der Waals surface area contributed by atoms with Crippen molar-refractivity contribution in [3.05, 3.63) is 100.0 Å². The summed E-state index contributed by atoms with van der Waals surface area (Å²) in [6.45, 7) is 8.81. The third kappa shape index (κ3) is 8.23. The van der Waals surface area contributed by atoms with E-state index in [2.05, 4.69) is 26.8 Å². The molecule has 0 saturated carbocycles. The number of ether oxygens (including phenoxy) is 3. The third-order valence-corrected chi connectivity index (χ3v) is 5.71. The maximum atomic E-state index is 13.0. The molecule has 0 spiro atoms. The van der Waals surface area contributed by atoms with Crippen molar-refractivity contribution in [2.24, 2.45) is 0 Å². The smallest absolute Gasteiger partial charge is 0.383 e. The molecule has 0 bridgehead atoms. The Hall–Kier alpha value is -4.06. The second-order valence-corrected chi connectivity index (χ2v) is 9.13. The summed E-state index contributed by atoms with van der Waals surface area (Å²) in [5.41, 5.74) is 2.36. The van der Waals surface area contributed by atoms with Crippen LogP contribution in [-0.4, -0.2) is 19.2 Å². The molecule has 200 valence electrons. The van der Waals surface area contributed by atoms with Gasteiger partial charge in [-0.2, -0.15) is 0 Å². The number of fused-ring (bicyclic) bond motifs is 1. The second-order valence-electron chi connectivity index (χ2n) is 9.13. The lowest BCUT2D eigenvalue weighted by molar-refractivity contribution is 0.0729. The van der Waals surface area contributed by atoms with Gasteiger partial charge in [0.05, 0.1) is 12.2 Å². The number of allylic oxidation sites excluding steroid dienone is 4. The number of hydrogen-bond acceptors (Lipinski definition) is 6. The minimum atomic E-state index is -0.722. The molecular formula is C32H36O6. The highest BCUT2D eigenvalue weighted by atomic mass is 16.6. The van der Waals surface area contributed by atoms with E-state index in [4.69, 9.17) is 18.6 Å². The standard InChI is InChI=1S/C32H36O6/c1-5-6-7-11-21-36-30-29(38-31(33)25-16-9-8-10-17-25)28-26(18-13-19-27(28)37-32(30)34)35-22-20-24(4)15-12-14-23(2)3/h6-10,13-14,16-20H,5,11-12,15,21-22H2,1-4H3/b7-6?,24-20+. The molecule has 0 atom stereocenters. The average molecular weight is 517 g/mol. The van der Waals surface area contributed by atoms with Crippen LogP contribution in [-0.2, 0) is 0 Å². The van der Waals surface area contributed by atoms with E-state index >= 15 is 0 Å². The Balaban J connectivity index is 1.96. The maximum absolute atomic E-state index is 13.0. The van der Waals surface area contributed by atoms with Crippen LogP contribution in [0.5, 0.6) is 17.2 Å². The van der Waals surface area contributed by atoms with E-state index in [0.29, 0.717) is 29.7 Å². The Bertz CT molecular complexity index is 1360. The Morgan fingerprint density at radius 1 is 0.895 bits per heavy atom. The minimum absolute atomic E-state index is 0.00978. The normalized spacial score (nSPS) is 11.5. The van der Waals surface area contributed by atoms with Crippen molar-refractivity contribution in [2.75, 3.05) is 13.2 Å². The van der Waals surface area contributed by atoms with Gasteiger partial charge in [-0.1, -0.05) is 60.6 Å². The molecule has 3 rings (SSSR count). The van der Waals surface area contributed by atoms with Crippen molar-refractivity contribution in [1.29, 1.82) is 0 Å². The zero-order valence-corrected chi connectivity index (χ0v) is 22.6. The first-order valence-electron chi connectivity index (χ1n) is 13.0. The number of carbonyl (C=O) groups is 1.